The predicted molar refractivity (Wildman–Crippen MR) is 78.1 cm³/mol. The Morgan fingerprint density at radius 1 is 0.917 bits per heavy atom. The average Bonchev–Trinajstić information content (AvgIpc) is 2.85. The third-order valence-corrected chi connectivity index (χ3v) is 4.91. The highest BCUT2D eigenvalue weighted by Gasteiger charge is 2.44. The molecule has 2 aliphatic rings. The maximum atomic E-state index is 13.7. The van der Waals surface area contributed by atoms with Gasteiger partial charge in [0.1, 0.15) is 6.10 Å². The molecule has 0 radical (unpaired) electrons. The minimum atomic E-state index is -2.20. The molecule has 0 N–H and O–H groups in total. The second-order valence-corrected chi connectivity index (χ2v) is 6.22. The molecule has 24 heavy (non-hydrogen) atoms. The molecule has 2 bridgehead atoms. The van der Waals surface area contributed by atoms with Gasteiger partial charge in [0.2, 0.25) is 29.1 Å². The van der Waals surface area contributed by atoms with Crippen molar-refractivity contribution in [2.24, 2.45) is 0 Å². The Hall–Kier alpha value is -1.64. The molecule has 2 saturated heterocycles. The summed E-state index contributed by atoms with van der Waals surface area (Å²) in [5, 5.41) is 0.331. The third kappa shape index (κ3) is 2.68. The van der Waals surface area contributed by atoms with E-state index in [1.165, 1.54) is 7.11 Å². The lowest BCUT2D eigenvalue weighted by Gasteiger charge is -2.39. The zero-order valence-electron chi connectivity index (χ0n) is 12.6. The molecule has 0 aromatic heterocycles. The van der Waals surface area contributed by atoms with Gasteiger partial charge in [-0.25, -0.2) is 13.2 Å². The van der Waals surface area contributed by atoms with E-state index in [0.29, 0.717) is 18.0 Å². The van der Waals surface area contributed by atoms with E-state index in [0.717, 1.165) is 12.8 Å². The zero-order valence-corrected chi connectivity index (χ0v) is 13.4. The van der Waals surface area contributed by atoms with Gasteiger partial charge in [-0.3, -0.25) is 0 Å². The van der Waals surface area contributed by atoms with Crippen molar-refractivity contribution < 1.29 is 31.4 Å². The number of benzene rings is 1. The van der Waals surface area contributed by atoms with Crippen LogP contribution in [0.5, 0.6) is 5.75 Å². The van der Waals surface area contributed by atoms with Crippen LogP contribution in [0, 0.1) is 29.1 Å². The van der Waals surface area contributed by atoms with E-state index in [1.807, 2.05) is 4.90 Å². The molecule has 2 aliphatic heterocycles. The first-order valence-corrected chi connectivity index (χ1v) is 7.80. The minimum Gasteiger partial charge on any atom is -0.484 e. The van der Waals surface area contributed by atoms with E-state index in [-0.39, 0.29) is 12.1 Å². The fraction of sp³-hybridized carbons (Fsp3) is 0.533. The van der Waals surface area contributed by atoms with Crippen molar-refractivity contribution in [2.45, 2.75) is 43.9 Å². The summed E-state index contributed by atoms with van der Waals surface area (Å²) < 4.78 is 77.3. The van der Waals surface area contributed by atoms with Crippen LogP contribution in [0.15, 0.2) is 0 Å². The number of hydrogen-bond donors (Lipinski definition) is 0. The lowest BCUT2D eigenvalue weighted by Crippen LogP contribution is -2.49. The van der Waals surface area contributed by atoms with Crippen LogP contribution in [-0.2, 0) is 4.74 Å². The summed E-state index contributed by atoms with van der Waals surface area (Å²) in [6.45, 7) is 0. The van der Waals surface area contributed by atoms with Gasteiger partial charge in [0.25, 0.3) is 5.17 Å². The highest BCUT2D eigenvalue weighted by molar-refractivity contribution is 7.80. The van der Waals surface area contributed by atoms with Gasteiger partial charge in [-0.2, -0.15) is 8.78 Å². The van der Waals surface area contributed by atoms with Gasteiger partial charge in [-0.05, 0) is 25.1 Å². The first kappa shape index (κ1) is 17.2. The number of methoxy groups -OCH3 is 1. The van der Waals surface area contributed by atoms with Gasteiger partial charge in [0.05, 0.1) is 7.11 Å². The molecule has 2 heterocycles. The smallest absolute Gasteiger partial charge is 0.259 e. The number of hydrogen-bond acceptors (Lipinski definition) is 3. The quantitative estimate of drug-likeness (QED) is 0.344. The van der Waals surface area contributed by atoms with E-state index >= 15 is 0 Å². The Bertz CT molecular complexity index is 643. The van der Waals surface area contributed by atoms with Crippen LogP contribution in [0.2, 0.25) is 0 Å². The monoisotopic (exact) mass is 367 g/mol. The maximum Gasteiger partial charge on any atom is 0.259 e. The number of nitrogens with zero attached hydrogens (tertiary/aromatic N) is 1. The molecule has 2 atom stereocenters. The van der Waals surface area contributed by atoms with Gasteiger partial charge in [0, 0.05) is 24.9 Å². The summed E-state index contributed by atoms with van der Waals surface area (Å²) in [5.74, 6) is -11.3. The lowest BCUT2D eigenvalue weighted by molar-refractivity contribution is 0.0707. The average molecular weight is 367 g/mol. The molecule has 3 nitrogen and oxygen atoms in total. The topological polar surface area (TPSA) is 21.7 Å². The molecule has 3 rings (SSSR count). The SMILES string of the molecule is COC(=S)N1C2CCC1CC(Oc1c(F)c(F)c(F)c(F)c1F)C2. The Labute approximate surface area is 140 Å². The molecule has 0 aliphatic carbocycles. The van der Waals surface area contributed by atoms with Crippen LogP contribution in [0.1, 0.15) is 25.7 Å². The molecule has 2 fully saturated rings. The first-order chi connectivity index (χ1) is 11.3. The Morgan fingerprint density at radius 2 is 1.38 bits per heavy atom. The Morgan fingerprint density at radius 3 is 1.83 bits per heavy atom. The molecular formula is C15H14F5NO2S. The van der Waals surface area contributed by atoms with Crippen LogP contribution in [0.25, 0.3) is 0 Å². The number of rotatable bonds is 2. The predicted octanol–water partition coefficient (Wildman–Crippen LogP) is 3.69. The van der Waals surface area contributed by atoms with E-state index in [1.54, 1.807) is 0 Å². The van der Waals surface area contributed by atoms with Crippen molar-refractivity contribution in [1.82, 2.24) is 4.90 Å². The minimum absolute atomic E-state index is 0.0394. The fourth-order valence-electron chi connectivity index (χ4n) is 3.48. The largest absolute Gasteiger partial charge is 0.484 e. The fourth-order valence-corrected chi connectivity index (χ4v) is 3.78. The molecule has 2 unspecified atom stereocenters. The molecule has 132 valence electrons. The number of fused-ring (bicyclic) bond motifs is 2. The standard InChI is InChI=1S/C15H14F5NO2S/c1-22-15(24)21-6-2-3-7(21)5-8(4-6)23-14-12(19)10(17)9(16)11(18)13(14)20/h6-8H,2-5H2,1H3. The summed E-state index contributed by atoms with van der Waals surface area (Å²) in [7, 11) is 1.46. The number of thiocarbonyl (C=S) groups is 1. The van der Waals surface area contributed by atoms with E-state index in [2.05, 4.69) is 0 Å². The van der Waals surface area contributed by atoms with Crippen molar-refractivity contribution in [3.05, 3.63) is 29.1 Å². The lowest BCUT2D eigenvalue weighted by atomic mass is 10.0. The van der Waals surface area contributed by atoms with E-state index < -0.39 is 40.9 Å². The number of halogens is 5. The highest BCUT2D eigenvalue weighted by atomic mass is 32.1. The second kappa shape index (κ2) is 6.34. The highest BCUT2D eigenvalue weighted by Crippen LogP contribution is 2.39. The molecule has 0 amide bonds. The van der Waals surface area contributed by atoms with Crippen LogP contribution < -0.4 is 4.74 Å². The summed E-state index contributed by atoms with van der Waals surface area (Å²) in [6.07, 6.45) is 1.65. The summed E-state index contributed by atoms with van der Waals surface area (Å²) >= 11 is 5.13. The van der Waals surface area contributed by atoms with Crippen LogP contribution in [0.4, 0.5) is 22.0 Å². The van der Waals surface area contributed by atoms with Gasteiger partial charge < -0.3 is 14.4 Å². The zero-order chi connectivity index (χ0) is 17.6. The molecule has 0 saturated carbocycles. The summed E-state index contributed by atoms with van der Waals surface area (Å²) in [4.78, 5) is 1.91. The molecular weight excluding hydrogens is 353 g/mol. The Kier molecular flexibility index (Phi) is 4.54. The molecule has 9 heteroatoms. The van der Waals surface area contributed by atoms with Gasteiger partial charge in [-0.1, -0.05) is 0 Å². The van der Waals surface area contributed by atoms with Crippen molar-refractivity contribution in [3.8, 4) is 5.75 Å². The normalized spacial score (nSPS) is 25.8. The van der Waals surface area contributed by atoms with Crippen molar-refractivity contribution in [1.29, 1.82) is 0 Å². The maximum absolute atomic E-state index is 13.7. The number of ether oxygens (including phenoxy) is 2. The van der Waals surface area contributed by atoms with E-state index in [4.69, 9.17) is 21.7 Å². The first-order valence-electron chi connectivity index (χ1n) is 7.39. The van der Waals surface area contributed by atoms with Gasteiger partial charge in [0.15, 0.2) is 5.75 Å². The van der Waals surface area contributed by atoms with Crippen LogP contribution in [-0.4, -0.2) is 35.4 Å². The van der Waals surface area contributed by atoms with Crippen LogP contribution in [0.3, 0.4) is 0 Å². The Balaban J connectivity index is 1.81. The summed E-state index contributed by atoms with van der Waals surface area (Å²) in [5.41, 5.74) is 0. The molecule has 1 aromatic rings. The van der Waals surface area contributed by atoms with Crippen molar-refractivity contribution in [2.75, 3.05) is 7.11 Å². The van der Waals surface area contributed by atoms with Gasteiger partial charge >= 0.3 is 0 Å². The van der Waals surface area contributed by atoms with Gasteiger partial charge in [-0.15, -0.1) is 0 Å². The van der Waals surface area contributed by atoms with Crippen LogP contribution >= 0.6 is 12.2 Å². The summed E-state index contributed by atoms with van der Waals surface area (Å²) in [6, 6.07) is -0.0788. The second-order valence-electron chi connectivity index (χ2n) is 5.87. The van der Waals surface area contributed by atoms with Crippen molar-refractivity contribution in [3.63, 3.8) is 0 Å². The molecule has 0 spiro atoms. The molecule has 1 aromatic carbocycles. The van der Waals surface area contributed by atoms with E-state index in [9.17, 15) is 22.0 Å². The van der Waals surface area contributed by atoms with Crippen molar-refractivity contribution >= 4 is 17.4 Å². The third-order valence-electron chi connectivity index (χ3n) is 4.53. The number of piperidine rings is 1.